The zero-order chi connectivity index (χ0) is 17.7. The first-order valence-electron chi connectivity index (χ1n) is 9.91. The van der Waals surface area contributed by atoms with Crippen LogP contribution in [0.4, 0.5) is 0 Å². The Kier molecular flexibility index (Phi) is 4.06. The molecule has 4 aliphatic carbocycles. The van der Waals surface area contributed by atoms with E-state index in [1.165, 1.54) is 44.1 Å². The van der Waals surface area contributed by atoms with Gasteiger partial charge in [0.25, 0.3) is 0 Å². The molecule has 0 heterocycles. The molecule has 2 unspecified atom stereocenters. The highest BCUT2D eigenvalue weighted by Crippen LogP contribution is 2.66. The maximum Gasteiger partial charge on any atom is 0.161 e. The molecule has 25 heavy (non-hydrogen) atoms. The molecule has 4 fully saturated rings. The van der Waals surface area contributed by atoms with E-state index >= 15 is 0 Å². The van der Waals surface area contributed by atoms with Crippen LogP contribution in [0.2, 0.25) is 0 Å². The highest BCUT2D eigenvalue weighted by atomic mass is 16.5. The average Bonchev–Trinajstić information content (AvgIpc) is 2.51. The normalized spacial score (nSPS) is 38.8. The van der Waals surface area contributed by atoms with Crippen molar-refractivity contribution in [2.75, 3.05) is 13.7 Å². The molecular weight excluding hydrogens is 310 g/mol. The van der Waals surface area contributed by atoms with Crippen molar-refractivity contribution in [3.8, 4) is 11.5 Å². The van der Waals surface area contributed by atoms with Crippen molar-refractivity contribution in [2.45, 2.75) is 71.4 Å². The van der Waals surface area contributed by atoms with Crippen molar-refractivity contribution in [2.24, 2.45) is 16.7 Å². The van der Waals surface area contributed by atoms with E-state index in [9.17, 15) is 0 Å². The second-order valence-electron chi connectivity index (χ2n) is 9.68. The molecular formula is C22H33NO2. The van der Waals surface area contributed by atoms with Crippen LogP contribution in [0.15, 0.2) is 18.2 Å². The van der Waals surface area contributed by atoms with E-state index in [2.05, 4.69) is 31.3 Å². The lowest BCUT2D eigenvalue weighted by Crippen LogP contribution is -2.63. The van der Waals surface area contributed by atoms with Crippen molar-refractivity contribution in [1.82, 2.24) is 5.32 Å². The SMILES string of the molecule is CCOc1ccc(CNC23CC4CC(C)(CC(C)(C4)C2)C3)cc1OC. The summed E-state index contributed by atoms with van der Waals surface area (Å²) in [6.07, 6.45) is 8.38. The molecule has 0 aliphatic heterocycles. The van der Waals surface area contributed by atoms with Crippen LogP contribution >= 0.6 is 0 Å². The van der Waals surface area contributed by atoms with E-state index in [-0.39, 0.29) is 0 Å². The molecule has 4 aliphatic rings. The summed E-state index contributed by atoms with van der Waals surface area (Å²) in [7, 11) is 1.72. The molecule has 0 aromatic heterocycles. The molecule has 4 saturated carbocycles. The number of rotatable bonds is 6. The van der Waals surface area contributed by atoms with Gasteiger partial charge in [-0.15, -0.1) is 0 Å². The second kappa shape index (κ2) is 5.90. The quantitative estimate of drug-likeness (QED) is 0.794. The summed E-state index contributed by atoms with van der Waals surface area (Å²) < 4.78 is 11.2. The van der Waals surface area contributed by atoms with Gasteiger partial charge in [0.15, 0.2) is 11.5 Å². The molecule has 4 bridgehead atoms. The maximum atomic E-state index is 5.64. The third-order valence-electron chi connectivity index (χ3n) is 6.82. The van der Waals surface area contributed by atoms with Crippen molar-refractivity contribution >= 4 is 0 Å². The van der Waals surface area contributed by atoms with Crippen LogP contribution in [-0.4, -0.2) is 19.3 Å². The minimum atomic E-state index is 0.342. The number of hydrogen-bond acceptors (Lipinski definition) is 3. The van der Waals surface area contributed by atoms with Gasteiger partial charge in [-0.3, -0.25) is 0 Å². The topological polar surface area (TPSA) is 30.5 Å². The smallest absolute Gasteiger partial charge is 0.161 e. The predicted molar refractivity (Wildman–Crippen MR) is 101 cm³/mol. The van der Waals surface area contributed by atoms with Gasteiger partial charge in [0, 0.05) is 12.1 Å². The van der Waals surface area contributed by atoms with Gasteiger partial charge in [-0.1, -0.05) is 19.9 Å². The predicted octanol–water partition coefficient (Wildman–Crippen LogP) is 4.93. The highest BCUT2D eigenvalue weighted by Gasteiger charge is 2.59. The first-order valence-corrected chi connectivity index (χ1v) is 9.91. The summed E-state index contributed by atoms with van der Waals surface area (Å²) >= 11 is 0. The molecule has 1 aromatic carbocycles. The standard InChI is InChI=1S/C22H33NO2/c1-5-25-18-7-6-16(8-19(18)24-4)12-23-22-11-17-9-20(2,14-22)13-21(3,10-17)15-22/h6-8,17,23H,5,9-15H2,1-4H3. The van der Waals surface area contributed by atoms with Gasteiger partial charge >= 0.3 is 0 Å². The first kappa shape index (κ1) is 17.2. The highest BCUT2D eigenvalue weighted by molar-refractivity contribution is 5.43. The maximum absolute atomic E-state index is 5.64. The Morgan fingerprint density at radius 2 is 1.76 bits per heavy atom. The largest absolute Gasteiger partial charge is 0.493 e. The molecule has 1 N–H and O–H groups in total. The number of nitrogens with one attached hydrogen (secondary N) is 1. The summed E-state index contributed by atoms with van der Waals surface area (Å²) in [6, 6.07) is 6.34. The fraction of sp³-hybridized carbons (Fsp3) is 0.727. The van der Waals surface area contributed by atoms with Crippen LogP contribution in [0.1, 0.15) is 64.9 Å². The Bertz CT molecular complexity index is 637. The molecule has 3 heteroatoms. The lowest BCUT2D eigenvalue weighted by atomic mass is 9.43. The number of ether oxygens (including phenoxy) is 2. The van der Waals surface area contributed by atoms with Gasteiger partial charge in [-0.05, 0) is 79.9 Å². The van der Waals surface area contributed by atoms with Crippen LogP contribution < -0.4 is 14.8 Å². The van der Waals surface area contributed by atoms with Gasteiger partial charge < -0.3 is 14.8 Å². The summed E-state index contributed by atoms with van der Waals surface area (Å²) in [4.78, 5) is 0. The molecule has 0 amide bonds. The van der Waals surface area contributed by atoms with Gasteiger partial charge in [-0.2, -0.15) is 0 Å². The first-order chi connectivity index (χ1) is 11.9. The molecule has 0 saturated heterocycles. The van der Waals surface area contributed by atoms with Gasteiger partial charge in [0.2, 0.25) is 0 Å². The van der Waals surface area contributed by atoms with E-state index in [0.717, 1.165) is 24.0 Å². The van der Waals surface area contributed by atoms with Gasteiger partial charge in [-0.25, -0.2) is 0 Å². The van der Waals surface area contributed by atoms with E-state index in [1.807, 2.05) is 13.0 Å². The minimum absolute atomic E-state index is 0.342. The zero-order valence-corrected chi connectivity index (χ0v) is 16.3. The van der Waals surface area contributed by atoms with E-state index in [1.54, 1.807) is 7.11 Å². The van der Waals surface area contributed by atoms with Gasteiger partial charge in [0.1, 0.15) is 0 Å². The average molecular weight is 344 g/mol. The number of benzene rings is 1. The lowest BCUT2D eigenvalue weighted by Gasteiger charge is -2.65. The molecule has 3 nitrogen and oxygen atoms in total. The van der Waals surface area contributed by atoms with Crippen LogP contribution in [0.3, 0.4) is 0 Å². The van der Waals surface area contributed by atoms with E-state index in [0.29, 0.717) is 23.0 Å². The van der Waals surface area contributed by atoms with Crippen LogP contribution in [0, 0.1) is 16.7 Å². The van der Waals surface area contributed by atoms with E-state index in [4.69, 9.17) is 9.47 Å². The van der Waals surface area contributed by atoms with Crippen molar-refractivity contribution in [1.29, 1.82) is 0 Å². The fourth-order valence-electron chi connectivity index (χ4n) is 7.03. The molecule has 2 atom stereocenters. The van der Waals surface area contributed by atoms with Crippen LogP contribution in [0.25, 0.3) is 0 Å². The third-order valence-corrected chi connectivity index (χ3v) is 6.82. The number of hydrogen-bond donors (Lipinski definition) is 1. The Balaban J connectivity index is 1.50. The summed E-state index contributed by atoms with van der Waals surface area (Å²) in [6.45, 7) is 8.65. The Morgan fingerprint density at radius 1 is 1.04 bits per heavy atom. The van der Waals surface area contributed by atoms with Crippen LogP contribution in [-0.2, 0) is 6.54 Å². The van der Waals surface area contributed by atoms with E-state index < -0.39 is 0 Å². The van der Waals surface area contributed by atoms with Crippen molar-refractivity contribution < 1.29 is 9.47 Å². The summed E-state index contributed by atoms with van der Waals surface area (Å²) in [5.74, 6) is 2.60. The monoisotopic (exact) mass is 343 g/mol. The lowest BCUT2D eigenvalue weighted by molar-refractivity contribution is -0.118. The Hall–Kier alpha value is -1.22. The van der Waals surface area contributed by atoms with Gasteiger partial charge in [0.05, 0.1) is 13.7 Å². The fourth-order valence-corrected chi connectivity index (χ4v) is 7.03. The summed E-state index contributed by atoms with van der Waals surface area (Å²) in [5, 5.41) is 4.00. The third kappa shape index (κ3) is 3.16. The zero-order valence-electron chi connectivity index (χ0n) is 16.3. The second-order valence-corrected chi connectivity index (χ2v) is 9.68. The Labute approximate surface area is 152 Å². The molecule has 0 spiro atoms. The van der Waals surface area contributed by atoms with Crippen molar-refractivity contribution in [3.63, 3.8) is 0 Å². The summed E-state index contributed by atoms with van der Waals surface area (Å²) in [5.41, 5.74) is 2.73. The molecule has 1 aromatic rings. The molecule has 5 rings (SSSR count). The Morgan fingerprint density at radius 3 is 2.36 bits per heavy atom. The molecule has 0 radical (unpaired) electrons. The van der Waals surface area contributed by atoms with Crippen LogP contribution in [0.5, 0.6) is 11.5 Å². The molecule has 138 valence electrons. The van der Waals surface area contributed by atoms with Crippen molar-refractivity contribution in [3.05, 3.63) is 23.8 Å². The minimum Gasteiger partial charge on any atom is -0.493 e. The number of methoxy groups -OCH3 is 1.